The topological polar surface area (TPSA) is 50.4 Å². The molecule has 2 fully saturated rings. The molecule has 2 saturated carbocycles. The van der Waals surface area contributed by atoms with E-state index < -0.39 is 0 Å². The zero-order valence-corrected chi connectivity index (χ0v) is 10.6. The standard InChI is InChI=1S/C13H25N3/c1-3-10(2)16-12(14)15-9-13(7-4-8-13)11-5-6-11/h10-11H,3-9H2,1-2H3,(H3,14,15,16). The molecular weight excluding hydrogens is 198 g/mol. The van der Waals surface area contributed by atoms with Crippen molar-refractivity contribution in [3.8, 4) is 0 Å². The van der Waals surface area contributed by atoms with Crippen LogP contribution < -0.4 is 11.1 Å². The van der Waals surface area contributed by atoms with Gasteiger partial charge in [0.2, 0.25) is 0 Å². The quantitative estimate of drug-likeness (QED) is 0.555. The van der Waals surface area contributed by atoms with Gasteiger partial charge in [-0.3, -0.25) is 4.99 Å². The molecule has 0 aromatic rings. The lowest BCUT2D eigenvalue weighted by Crippen LogP contribution is -2.41. The predicted octanol–water partition coefficient (Wildman–Crippen LogP) is 2.27. The number of hydrogen-bond acceptors (Lipinski definition) is 1. The summed E-state index contributed by atoms with van der Waals surface area (Å²) in [7, 11) is 0. The van der Waals surface area contributed by atoms with Gasteiger partial charge in [-0.1, -0.05) is 13.3 Å². The number of hydrogen-bond donors (Lipinski definition) is 2. The predicted molar refractivity (Wildman–Crippen MR) is 68.4 cm³/mol. The minimum Gasteiger partial charge on any atom is -0.370 e. The van der Waals surface area contributed by atoms with Gasteiger partial charge >= 0.3 is 0 Å². The molecule has 3 nitrogen and oxygen atoms in total. The molecule has 0 aromatic carbocycles. The number of nitrogens with one attached hydrogen (secondary N) is 1. The molecule has 3 heteroatoms. The molecule has 2 aliphatic carbocycles. The summed E-state index contributed by atoms with van der Waals surface area (Å²) in [6.07, 6.45) is 8.08. The van der Waals surface area contributed by atoms with Crippen LogP contribution in [0, 0.1) is 11.3 Å². The first-order chi connectivity index (χ1) is 7.66. The van der Waals surface area contributed by atoms with Gasteiger partial charge < -0.3 is 11.1 Å². The van der Waals surface area contributed by atoms with Crippen LogP contribution in [0.4, 0.5) is 0 Å². The Labute approximate surface area is 98.9 Å². The highest BCUT2D eigenvalue weighted by Gasteiger charge is 2.48. The highest BCUT2D eigenvalue weighted by molar-refractivity contribution is 5.78. The molecule has 0 bridgehead atoms. The Kier molecular flexibility index (Phi) is 3.41. The fourth-order valence-electron chi connectivity index (χ4n) is 2.66. The molecule has 1 unspecified atom stereocenters. The smallest absolute Gasteiger partial charge is 0.188 e. The maximum atomic E-state index is 5.90. The minimum atomic E-state index is 0.432. The highest BCUT2D eigenvalue weighted by Crippen LogP contribution is 2.57. The fourth-order valence-corrected chi connectivity index (χ4v) is 2.66. The molecule has 92 valence electrons. The summed E-state index contributed by atoms with van der Waals surface area (Å²) in [5.41, 5.74) is 6.44. The van der Waals surface area contributed by atoms with E-state index in [2.05, 4.69) is 24.2 Å². The molecule has 3 N–H and O–H groups in total. The van der Waals surface area contributed by atoms with E-state index in [0.717, 1.165) is 18.9 Å². The first-order valence-electron chi connectivity index (χ1n) is 6.73. The second kappa shape index (κ2) is 4.64. The van der Waals surface area contributed by atoms with E-state index in [-0.39, 0.29) is 0 Å². The molecule has 2 rings (SSSR count). The van der Waals surface area contributed by atoms with E-state index in [1.807, 2.05) is 0 Å². The maximum absolute atomic E-state index is 5.90. The Bertz CT molecular complexity index is 264. The molecule has 0 amide bonds. The van der Waals surface area contributed by atoms with Crippen molar-refractivity contribution in [1.29, 1.82) is 0 Å². The Morgan fingerprint density at radius 1 is 1.50 bits per heavy atom. The van der Waals surface area contributed by atoms with Crippen LogP contribution in [-0.4, -0.2) is 18.5 Å². The van der Waals surface area contributed by atoms with Crippen molar-refractivity contribution >= 4 is 5.96 Å². The summed E-state index contributed by atoms with van der Waals surface area (Å²) in [5, 5.41) is 3.24. The van der Waals surface area contributed by atoms with Crippen molar-refractivity contribution in [3.63, 3.8) is 0 Å². The van der Waals surface area contributed by atoms with Crippen LogP contribution in [0.5, 0.6) is 0 Å². The van der Waals surface area contributed by atoms with Gasteiger partial charge in [0.15, 0.2) is 5.96 Å². The number of nitrogens with two attached hydrogens (primary N) is 1. The third kappa shape index (κ3) is 2.50. The summed E-state index contributed by atoms with van der Waals surface area (Å²) in [5.74, 6) is 1.60. The summed E-state index contributed by atoms with van der Waals surface area (Å²) >= 11 is 0. The minimum absolute atomic E-state index is 0.432. The normalized spacial score (nSPS) is 26.0. The van der Waals surface area contributed by atoms with E-state index in [0.29, 0.717) is 17.4 Å². The molecule has 2 aliphatic rings. The molecule has 0 heterocycles. The van der Waals surface area contributed by atoms with Crippen LogP contribution in [0.2, 0.25) is 0 Å². The molecule has 0 saturated heterocycles. The van der Waals surface area contributed by atoms with Gasteiger partial charge in [-0.15, -0.1) is 0 Å². The summed E-state index contributed by atoms with van der Waals surface area (Å²) in [4.78, 5) is 4.55. The Morgan fingerprint density at radius 3 is 2.62 bits per heavy atom. The lowest BCUT2D eigenvalue weighted by atomic mass is 9.65. The van der Waals surface area contributed by atoms with Gasteiger partial charge in [-0.25, -0.2) is 0 Å². The average molecular weight is 223 g/mol. The second-order valence-electron chi connectivity index (χ2n) is 5.65. The fraction of sp³-hybridized carbons (Fsp3) is 0.923. The molecule has 0 radical (unpaired) electrons. The summed E-state index contributed by atoms with van der Waals surface area (Å²) < 4.78 is 0. The van der Waals surface area contributed by atoms with Gasteiger partial charge in [0, 0.05) is 12.6 Å². The largest absolute Gasteiger partial charge is 0.370 e. The number of rotatable bonds is 5. The number of nitrogens with zero attached hydrogens (tertiary/aromatic N) is 1. The molecular formula is C13H25N3. The Morgan fingerprint density at radius 2 is 2.19 bits per heavy atom. The second-order valence-corrected chi connectivity index (χ2v) is 5.65. The van der Waals surface area contributed by atoms with Gasteiger partial charge in [-0.05, 0) is 50.4 Å². The van der Waals surface area contributed by atoms with E-state index >= 15 is 0 Å². The molecule has 0 spiro atoms. The Balaban J connectivity index is 1.82. The van der Waals surface area contributed by atoms with Gasteiger partial charge in [0.25, 0.3) is 0 Å². The zero-order valence-electron chi connectivity index (χ0n) is 10.6. The van der Waals surface area contributed by atoms with Crippen molar-refractivity contribution in [3.05, 3.63) is 0 Å². The summed E-state index contributed by atoms with van der Waals surface area (Å²) in [6.45, 7) is 5.25. The van der Waals surface area contributed by atoms with Crippen LogP contribution in [-0.2, 0) is 0 Å². The van der Waals surface area contributed by atoms with E-state index in [9.17, 15) is 0 Å². The molecule has 1 atom stereocenters. The maximum Gasteiger partial charge on any atom is 0.188 e. The van der Waals surface area contributed by atoms with Crippen LogP contribution in [0.25, 0.3) is 0 Å². The van der Waals surface area contributed by atoms with Crippen LogP contribution >= 0.6 is 0 Å². The lowest BCUT2D eigenvalue weighted by molar-refractivity contribution is 0.113. The average Bonchev–Trinajstić information content (AvgIpc) is 3.00. The number of aliphatic imine (C=N–C) groups is 1. The number of guanidine groups is 1. The molecule has 16 heavy (non-hydrogen) atoms. The van der Waals surface area contributed by atoms with Gasteiger partial charge in [0.1, 0.15) is 0 Å². The first-order valence-corrected chi connectivity index (χ1v) is 6.73. The summed E-state index contributed by atoms with van der Waals surface area (Å²) in [6, 6.07) is 0.432. The van der Waals surface area contributed by atoms with Crippen LogP contribution in [0.1, 0.15) is 52.4 Å². The van der Waals surface area contributed by atoms with Crippen molar-refractivity contribution in [2.75, 3.05) is 6.54 Å². The van der Waals surface area contributed by atoms with Gasteiger partial charge in [0.05, 0.1) is 0 Å². The zero-order chi connectivity index (χ0) is 11.6. The SMILES string of the molecule is CCC(C)NC(N)=NCC1(C2CC2)CCC1. The third-order valence-corrected chi connectivity index (χ3v) is 4.36. The van der Waals surface area contributed by atoms with Crippen molar-refractivity contribution in [2.24, 2.45) is 22.1 Å². The van der Waals surface area contributed by atoms with Crippen LogP contribution in [0.15, 0.2) is 4.99 Å². The van der Waals surface area contributed by atoms with E-state index in [1.54, 1.807) is 0 Å². The lowest BCUT2D eigenvalue weighted by Gasteiger charge is -2.41. The molecule has 0 aliphatic heterocycles. The molecule has 0 aromatic heterocycles. The van der Waals surface area contributed by atoms with Crippen molar-refractivity contribution in [2.45, 2.75) is 58.4 Å². The highest BCUT2D eigenvalue weighted by atomic mass is 15.1. The van der Waals surface area contributed by atoms with E-state index in [4.69, 9.17) is 5.73 Å². The Hall–Kier alpha value is -0.730. The first kappa shape index (κ1) is 11.7. The monoisotopic (exact) mass is 223 g/mol. The third-order valence-electron chi connectivity index (χ3n) is 4.36. The van der Waals surface area contributed by atoms with Crippen molar-refractivity contribution < 1.29 is 0 Å². The van der Waals surface area contributed by atoms with Crippen molar-refractivity contribution in [1.82, 2.24) is 5.32 Å². The van der Waals surface area contributed by atoms with E-state index in [1.165, 1.54) is 32.1 Å². The van der Waals surface area contributed by atoms with Gasteiger partial charge in [-0.2, -0.15) is 0 Å². The van der Waals surface area contributed by atoms with Crippen LogP contribution in [0.3, 0.4) is 0 Å².